The van der Waals surface area contributed by atoms with Crippen LogP contribution < -0.4 is 10.6 Å². The summed E-state index contributed by atoms with van der Waals surface area (Å²) in [5, 5.41) is 6.36. The SMILES string of the molecule is CC(NC(=O)Nc1cc(Cl)ccc1Cl)c1ccccn1. The third-order valence-electron chi connectivity index (χ3n) is 2.66. The van der Waals surface area contributed by atoms with Crippen LogP contribution in [0.4, 0.5) is 10.5 Å². The lowest BCUT2D eigenvalue weighted by Crippen LogP contribution is -2.31. The summed E-state index contributed by atoms with van der Waals surface area (Å²) >= 11 is 11.8. The second-order valence-electron chi connectivity index (χ2n) is 4.20. The number of urea groups is 1. The van der Waals surface area contributed by atoms with Crippen LogP contribution in [0.15, 0.2) is 42.6 Å². The monoisotopic (exact) mass is 309 g/mol. The molecule has 2 amide bonds. The number of amides is 2. The van der Waals surface area contributed by atoms with Crippen LogP contribution in [-0.2, 0) is 0 Å². The number of carbonyl (C=O) groups excluding carboxylic acids is 1. The number of hydrogen-bond donors (Lipinski definition) is 2. The number of benzene rings is 1. The Labute approximate surface area is 127 Å². The highest BCUT2D eigenvalue weighted by Gasteiger charge is 2.11. The summed E-state index contributed by atoms with van der Waals surface area (Å²) in [5.74, 6) is 0. The van der Waals surface area contributed by atoms with Gasteiger partial charge in [0.1, 0.15) is 0 Å². The number of pyridine rings is 1. The maximum absolute atomic E-state index is 11.9. The lowest BCUT2D eigenvalue weighted by atomic mass is 10.2. The molecule has 0 bridgehead atoms. The summed E-state index contributed by atoms with van der Waals surface area (Å²) in [6.45, 7) is 1.85. The number of rotatable bonds is 3. The van der Waals surface area contributed by atoms with Crippen molar-refractivity contribution in [2.75, 3.05) is 5.32 Å². The molecule has 4 nitrogen and oxygen atoms in total. The zero-order chi connectivity index (χ0) is 14.5. The molecule has 0 spiro atoms. The molecule has 0 fully saturated rings. The minimum absolute atomic E-state index is 0.214. The first-order valence-electron chi connectivity index (χ1n) is 6.00. The molecule has 0 saturated carbocycles. The Morgan fingerprint density at radius 1 is 1.25 bits per heavy atom. The highest BCUT2D eigenvalue weighted by molar-refractivity contribution is 6.35. The fraction of sp³-hybridized carbons (Fsp3) is 0.143. The summed E-state index contributed by atoms with van der Waals surface area (Å²) in [5.41, 5.74) is 1.24. The molecule has 0 saturated heterocycles. The number of aromatic nitrogens is 1. The lowest BCUT2D eigenvalue weighted by molar-refractivity contribution is 0.249. The third-order valence-corrected chi connectivity index (χ3v) is 3.22. The molecule has 0 aliphatic heterocycles. The van der Waals surface area contributed by atoms with Crippen LogP contribution >= 0.6 is 23.2 Å². The Kier molecular flexibility index (Phi) is 4.82. The minimum atomic E-state index is -0.368. The number of carbonyl (C=O) groups is 1. The van der Waals surface area contributed by atoms with Gasteiger partial charge in [0.05, 0.1) is 22.4 Å². The maximum atomic E-state index is 11.9. The summed E-state index contributed by atoms with van der Waals surface area (Å²) in [6.07, 6.45) is 1.68. The summed E-state index contributed by atoms with van der Waals surface area (Å²) < 4.78 is 0. The number of hydrogen-bond acceptors (Lipinski definition) is 2. The average Bonchev–Trinajstić information content (AvgIpc) is 2.43. The fourth-order valence-electron chi connectivity index (χ4n) is 1.65. The average molecular weight is 310 g/mol. The summed E-state index contributed by atoms with van der Waals surface area (Å²) in [7, 11) is 0. The van der Waals surface area contributed by atoms with Crippen LogP contribution in [0.2, 0.25) is 10.0 Å². The van der Waals surface area contributed by atoms with Gasteiger partial charge in [-0.05, 0) is 37.3 Å². The van der Waals surface area contributed by atoms with Crippen molar-refractivity contribution in [3.63, 3.8) is 0 Å². The Bertz CT molecular complexity index is 605. The Hall–Kier alpha value is -1.78. The van der Waals surface area contributed by atoms with E-state index in [1.807, 2.05) is 25.1 Å². The van der Waals surface area contributed by atoms with E-state index in [4.69, 9.17) is 23.2 Å². The van der Waals surface area contributed by atoms with Gasteiger partial charge >= 0.3 is 6.03 Å². The van der Waals surface area contributed by atoms with Gasteiger partial charge in [-0.1, -0.05) is 29.3 Å². The van der Waals surface area contributed by atoms with Crippen molar-refractivity contribution in [1.29, 1.82) is 0 Å². The van der Waals surface area contributed by atoms with Crippen molar-refractivity contribution >= 4 is 34.9 Å². The Morgan fingerprint density at radius 3 is 2.75 bits per heavy atom. The zero-order valence-corrected chi connectivity index (χ0v) is 12.2. The number of halogens is 2. The van der Waals surface area contributed by atoms with E-state index in [0.29, 0.717) is 15.7 Å². The van der Waals surface area contributed by atoms with Crippen molar-refractivity contribution in [3.05, 3.63) is 58.3 Å². The smallest absolute Gasteiger partial charge is 0.319 e. The first kappa shape index (κ1) is 14.6. The zero-order valence-electron chi connectivity index (χ0n) is 10.7. The van der Waals surface area contributed by atoms with Crippen LogP contribution in [0.1, 0.15) is 18.7 Å². The number of nitrogens with one attached hydrogen (secondary N) is 2. The van der Waals surface area contributed by atoms with Gasteiger partial charge in [-0.2, -0.15) is 0 Å². The summed E-state index contributed by atoms with van der Waals surface area (Å²) in [6, 6.07) is 9.83. The molecule has 2 aromatic rings. The number of nitrogens with zero attached hydrogens (tertiary/aromatic N) is 1. The molecular formula is C14H13Cl2N3O. The topological polar surface area (TPSA) is 54.0 Å². The largest absolute Gasteiger partial charge is 0.330 e. The molecule has 0 radical (unpaired) electrons. The predicted molar refractivity (Wildman–Crippen MR) is 81.3 cm³/mol. The van der Waals surface area contributed by atoms with E-state index >= 15 is 0 Å². The van der Waals surface area contributed by atoms with E-state index in [2.05, 4.69) is 15.6 Å². The third kappa shape index (κ3) is 3.85. The molecule has 1 atom stereocenters. The number of anilines is 1. The quantitative estimate of drug-likeness (QED) is 0.889. The molecule has 2 N–H and O–H groups in total. The molecule has 104 valence electrons. The van der Waals surface area contributed by atoms with Crippen LogP contribution in [-0.4, -0.2) is 11.0 Å². The van der Waals surface area contributed by atoms with Crippen molar-refractivity contribution in [1.82, 2.24) is 10.3 Å². The van der Waals surface area contributed by atoms with E-state index in [9.17, 15) is 4.79 Å². The molecule has 0 aliphatic rings. The first-order chi connectivity index (χ1) is 9.56. The van der Waals surface area contributed by atoms with Gasteiger partial charge in [0.2, 0.25) is 0 Å². The van der Waals surface area contributed by atoms with Gasteiger partial charge in [0.15, 0.2) is 0 Å². The predicted octanol–water partition coefficient (Wildman–Crippen LogP) is 4.27. The van der Waals surface area contributed by atoms with Gasteiger partial charge in [0.25, 0.3) is 0 Å². The normalized spacial score (nSPS) is 11.8. The second kappa shape index (κ2) is 6.59. The van der Waals surface area contributed by atoms with Gasteiger partial charge in [-0.25, -0.2) is 4.79 Å². The van der Waals surface area contributed by atoms with Crippen molar-refractivity contribution in [2.45, 2.75) is 13.0 Å². The van der Waals surface area contributed by atoms with Crippen molar-refractivity contribution in [3.8, 4) is 0 Å². The standard InChI is InChI=1S/C14H13Cl2N3O/c1-9(12-4-2-3-7-17-12)18-14(20)19-13-8-10(15)5-6-11(13)16/h2-9H,1H3,(H2,18,19,20). The van der Waals surface area contributed by atoms with E-state index in [1.165, 1.54) is 0 Å². The lowest BCUT2D eigenvalue weighted by Gasteiger charge is -2.14. The second-order valence-corrected chi connectivity index (χ2v) is 5.04. The van der Waals surface area contributed by atoms with Gasteiger partial charge in [-0.3, -0.25) is 4.98 Å². The van der Waals surface area contributed by atoms with Crippen molar-refractivity contribution < 1.29 is 4.79 Å². The molecule has 1 unspecified atom stereocenters. The van der Waals surface area contributed by atoms with E-state index in [0.717, 1.165) is 5.69 Å². The molecule has 1 aromatic heterocycles. The highest BCUT2D eigenvalue weighted by atomic mass is 35.5. The van der Waals surface area contributed by atoms with E-state index in [1.54, 1.807) is 24.4 Å². The van der Waals surface area contributed by atoms with Crippen LogP contribution in [0, 0.1) is 0 Å². The molecule has 1 heterocycles. The molecule has 20 heavy (non-hydrogen) atoms. The molecular weight excluding hydrogens is 297 g/mol. The molecule has 2 rings (SSSR count). The summed E-state index contributed by atoms with van der Waals surface area (Å²) in [4.78, 5) is 16.1. The Balaban J connectivity index is 2.01. The molecule has 6 heteroatoms. The molecule has 0 aliphatic carbocycles. The maximum Gasteiger partial charge on any atom is 0.319 e. The highest BCUT2D eigenvalue weighted by Crippen LogP contribution is 2.25. The van der Waals surface area contributed by atoms with Crippen LogP contribution in [0.3, 0.4) is 0 Å². The molecule has 1 aromatic carbocycles. The van der Waals surface area contributed by atoms with Crippen LogP contribution in [0.25, 0.3) is 0 Å². The van der Waals surface area contributed by atoms with Gasteiger partial charge in [-0.15, -0.1) is 0 Å². The van der Waals surface area contributed by atoms with Gasteiger partial charge in [0, 0.05) is 11.2 Å². The minimum Gasteiger partial charge on any atom is -0.330 e. The fourth-order valence-corrected chi connectivity index (χ4v) is 1.99. The van der Waals surface area contributed by atoms with Crippen LogP contribution in [0.5, 0.6) is 0 Å². The van der Waals surface area contributed by atoms with Gasteiger partial charge < -0.3 is 10.6 Å². The Morgan fingerprint density at radius 2 is 2.05 bits per heavy atom. The first-order valence-corrected chi connectivity index (χ1v) is 6.75. The van der Waals surface area contributed by atoms with Crippen molar-refractivity contribution in [2.24, 2.45) is 0 Å². The van der Waals surface area contributed by atoms with E-state index in [-0.39, 0.29) is 12.1 Å². The van der Waals surface area contributed by atoms with E-state index < -0.39 is 0 Å².